The maximum absolute atomic E-state index is 12.6. The maximum Gasteiger partial charge on any atom is 0.253 e. The molecule has 0 aliphatic carbocycles. The molecule has 1 saturated heterocycles. The predicted molar refractivity (Wildman–Crippen MR) is 114 cm³/mol. The second-order valence-electron chi connectivity index (χ2n) is 6.93. The summed E-state index contributed by atoms with van der Waals surface area (Å²) >= 11 is 6.01. The first-order valence-electron chi connectivity index (χ1n) is 9.69. The van der Waals surface area contributed by atoms with Crippen molar-refractivity contribution in [2.24, 2.45) is 5.92 Å². The number of carbonyl (C=O) groups is 3. The third-order valence-corrected chi connectivity index (χ3v) is 5.30. The van der Waals surface area contributed by atoms with E-state index >= 15 is 0 Å². The third kappa shape index (κ3) is 4.77. The molecule has 1 unspecified atom stereocenters. The van der Waals surface area contributed by atoms with Crippen molar-refractivity contribution in [2.45, 2.75) is 20.3 Å². The molecule has 2 aromatic rings. The molecule has 0 saturated carbocycles. The summed E-state index contributed by atoms with van der Waals surface area (Å²) < 4.78 is 0. The third-order valence-electron chi connectivity index (χ3n) is 5.07. The van der Waals surface area contributed by atoms with Crippen molar-refractivity contribution in [1.82, 2.24) is 4.90 Å². The number of nitrogens with one attached hydrogen (secondary N) is 1. The molecule has 3 rings (SSSR count). The molecular weight excluding hydrogens is 390 g/mol. The lowest BCUT2D eigenvalue weighted by molar-refractivity contribution is -0.122. The van der Waals surface area contributed by atoms with Crippen molar-refractivity contribution in [3.8, 4) is 0 Å². The highest BCUT2D eigenvalue weighted by Crippen LogP contribution is 2.28. The van der Waals surface area contributed by atoms with E-state index in [4.69, 9.17) is 11.6 Å². The number of benzene rings is 2. The molecule has 7 heteroatoms. The highest BCUT2D eigenvalue weighted by molar-refractivity contribution is 6.31. The largest absolute Gasteiger partial charge is 0.339 e. The minimum absolute atomic E-state index is 0.0357. The Morgan fingerprint density at radius 2 is 1.83 bits per heavy atom. The van der Waals surface area contributed by atoms with Crippen molar-refractivity contribution in [2.75, 3.05) is 29.9 Å². The molecule has 1 atom stereocenters. The monoisotopic (exact) mass is 413 g/mol. The predicted octanol–water partition coefficient (Wildman–Crippen LogP) is 3.81. The van der Waals surface area contributed by atoms with Gasteiger partial charge in [-0.15, -0.1) is 0 Å². The molecule has 1 heterocycles. The molecule has 152 valence electrons. The van der Waals surface area contributed by atoms with E-state index in [0.29, 0.717) is 41.6 Å². The molecule has 0 spiro atoms. The summed E-state index contributed by atoms with van der Waals surface area (Å²) in [5, 5.41) is 3.39. The number of amides is 3. The van der Waals surface area contributed by atoms with Gasteiger partial charge in [0.05, 0.1) is 5.92 Å². The van der Waals surface area contributed by atoms with Gasteiger partial charge in [-0.1, -0.05) is 17.7 Å². The average Bonchev–Trinajstić information content (AvgIpc) is 3.11. The van der Waals surface area contributed by atoms with Crippen LogP contribution in [-0.4, -0.2) is 42.3 Å². The zero-order valence-electron chi connectivity index (χ0n) is 16.5. The first kappa shape index (κ1) is 20.9. The Labute approximate surface area is 175 Å². The number of nitrogens with zero attached hydrogens (tertiary/aromatic N) is 2. The minimum atomic E-state index is -0.446. The van der Waals surface area contributed by atoms with Crippen LogP contribution in [0.15, 0.2) is 48.5 Å². The first-order valence-corrected chi connectivity index (χ1v) is 10.1. The van der Waals surface area contributed by atoms with Gasteiger partial charge in [-0.2, -0.15) is 0 Å². The van der Waals surface area contributed by atoms with E-state index in [9.17, 15) is 14.4 Å². The molecular formula is C22H24ClN3O3. The molecule has 0 bridgehead atoms. The Balaban J connectivity index is 1.63. The summed E-state index contributed by atoms with van der Waals surface area (Å²) in [6.45, 7) is 5.47. The molecule has 1 aliphatic rings. The van der Waals surface area contributed by atoms with Gasteiger partial charge in [0.2, 0.25) is 11.8 Å². The van der Waals surface area contributed by atoms with E-state index in [-0.39, 0.29) is 24.1 Å². The van der Waals surface area contributed by atoms with Gasteiger partial charge in [-0.25, -0.2) is 0 Å². The normalized spacial score (nSPS) is 16.0. The zero-order valence-corrected chi connectivity index (χ0v) is 17.3. The molecule has 1 fully saturated rings. The minimum Gasteiger partial charge on any atom is -0.339 e. The highest BCUT2D eigenvalue weighted by atomic mass is 35.5. The van der Waals surface area contributed by atoms with Crippen molar-refractivity contribution in [3.63, 3.8) is 0 Å². The Hall–Kier alpha value is -2.86. The Kier molecular flexibility index (Phi) is 6.54. The van der Waals surface area contributed by atoms with Crippen LogP contribution in [0.3, 0.4) is 0 Å². The van der Waals surface area contributed by atoms with Crippen LogP contribution in [0.4, 0.5) is 11.4 Å². The quantitative estimate of drug-likeness (QED) is 0.782. The van der Waals surface area contributed by atoms with Crippen LogP contribution < -0.4 is 10.2 Å². The SMILES string of the molecule is CCN(CC)C(=O)c1ccc(NC(=O)C2CC(=O)N(c3cccc(Cl)c3)C2)cc1. The van der Waals surface area contributed by atoms with Crippen LogP contribution >= 0.6 is 11.6 Å². The summed E-state index contributed by atoms with van der Waals surface area (Å²) in [6, 6.07) is 13.9. The summed E-state index contributed by atoms with van der Waals surface area (Å²) in [7, 11) is 0. The van der Waals surface area contributed by atoms with E-state index in [1.165, 1.54) is 0 Å². The van der Waals surface area contributed by atoms with Crippen LogP contribution in [0.2, 0.25) is 5.02 Å². The van der Waals surface area contributed by atoms with E-state index in [1.807, 2.05) is 13.8 Å². The van der Waals surface area contributed by atoms with E-state index in [0.717, 1.165) is 0 Å². The molecule has 29 heavy (non-hydrogen) atoms. The van der Waals surface area contributed by atoms with Gasteiger partial charge in [0.1, 0.15) is 0 Å². The maximum atomic E-state index is 12.6. The fourth-order valence-electron chi connectivity index (χ4n) is 3.41. The zero-order chi connectivity index (χ0) is 21.0. The van der Waals surface area contributed by atoms with Crippen LogP contribution in [0, 0.1) is 5.92 Å². The Morgan fingerprint density at radius 1 is 1.14 bits per heavy atom. The summed E-state index contributed by atoms with van der Waals surface area (Å²) in [5.41, 5.74) is 1.87. The van der Waals surface area contributed by atoms with Crippen LogP contribution in [0.5, 0.6) is 0 Å². The molecule has 0 radical (unpaired) electrons. The summed E-state index contributed by atoms with van der Waals surface area (Å²) in [4.78, 5) is 40.7. The van der Waals surface area contributed by atoms with Gasteiger partial charge < -0.3 is 15.1 Å². The van der Waals surface area contributed by atoms with E-state index < -0.39 is 5.92 Å². The van der Waals surface area contributed by atoms with Crippen molar-refractivity contribution < 1.29 is 14.4 Å². The first-order chi connectivity index (χ1) is 13.9. The second-order valence-corrected chi connectivity index (χ2v) is 7.37. The smallest absolute Gasteiger partial charge is 0.253 e. The number of hydrogen-bond acceptors (Lipinski definition) is 3. The fraction of sp³-hybridized carbons (Fsp3) is 0.318. The van der Waals surface area contributed by atoms with Gasteiger partial charge in [0.15, 0.2) is 0 Å². The fourth-order valence-corrected chi connectivity index (χ4v) is 3.60. The number of anilines is 2. The van der Waals surface area contributed by atoms with Gasteiger partial charge in [-0.3, -0.25) is 14.4 Å². The number of carbonyl (C=O) groups excluding carboxylic acids is 3. The lowest BCUT2D eigenvalue weighted by Gasteiger charge is -2.19. The number of hydrogen-bond donors (Lipinski definition) is 1. The van der Waals surface area contributed by atoms with Crippen LogP contribution in [0.1, 0.15) is 30.6 Å². The van der Waals surface area contributed by atoms with Crippen LogP contribution in [0.25, 0.3) is 0 Å². The van der Waals surface area contributed by atoms with Gasteiger partial charge in [-0.05, 0) is 56.3 Å². The standard InChI is InChI=1S/C22H24ClN3O3/c1-3-25(4-2)22(29)15-8-10-18(11-9-15)24-21(28)16-12-20(27)26(14-16)19-7-5-6-17(23)13-19/h5-11,13,16H,3-4,12,14H2,1-2H3,(H,24,28). The molecule has 1 aliphatic heterocycles. The second kappa shape index (κ2) is 9.09. The van der Waals surface area contributed by atoms with Crippen molar-refractivity contribution >= 4 is 40.7 Å². The average molecular weight is 414 g/mol. The molecule has 3 amide bonds. The molecule has 0 aromatic heterocycles. The van der Waals surface area contributed by atoms with Crippen molar-refractivity contribution in [1.29, 1.82) is 0 Å². The number of halogens is 1. The lowest BCUT2D eigenvalue weighted by Crippen LogP contribution is -2.30. The number of rotatable bonds is 6. The molecule has 1 N–H and O–H groups in total. The van der Waals surface area contributed by atoms with Crippen molar-refractivity contribution in [3.05, 3.63) is 59.1 Å². The lowest BCUT2D eigenvalue weighted by atomic mass is 10.1. The molecule has 6 nitrogen and oxygen atoms in total. The molecule has 2 aromatic carbocycles. The Bertz CT molecular complexity index is 910. The van der Waals surface area contributed by atoms with Crippen LogP contribution in [-0.2, 0) is 9.59 Å². The Morgan fingerprint density at radius 3 is 2.45 bits per heavy atom. The van der Waals surface area contributed by atoms with E-state index in [2.05, 4.69) is 5.32 Å². The van der Waals surface area contributed by atoms with Gasteiger partial charge in [0, 0.05) is 48.0 Å². The summed E-state index contributed by atoms with van der Waals surface area (Å²) in [6.07, 6.45) is 0.150. The highest BCUT2D eigenvalue weighted by Gasteiger charge is 2.35. The van der Waals surface area contributed by atoms with Gasteiger partial charge >= 0.3 is 0 Å². The van der Waals surface area contributed by atoms with E-state index in [1.54, 1.807) is 58.3 Å². The summed E-state index contributed by atoms with van der Waals surface area (Å²) in [5.74, 6) is -0.803. The topological polar surface area (TPSA) is 69.7 Å². The van der Waals surface area contributed by atoms with Gasteiger partial charge in [0.25, 0.3) is 5.91 Å².